The third kappa shape index (κ3) is 1.99. The van der Waals surface area contributed by atoms with E-state index in [0.29, 0.717) is 11.3 Å². The van der Waals surface area contributed by atoms with Crippen molar-refractivity contribution in [2.45, 2.75) is 24.2 Å². The SMILES string of the molecule is COc1ccc(F)cc1C1(CN)CC(F)(F)C1. The Morgan fingerprint density at radius 3 is 2.47 bits per heavy atom. The summed E-state index contributed by atoms with van der Waals surface area (Å²) in [5.74, 6) is -2.77. The molecule has 1 fully saturated rings. The van der Waals surface area contributed by atoms with Crippen LogP contribution < -0.4 is 10.5 Å². The van der Waals surface area contributed by atoms with Gasteiger partial charge >= 0.3 is 0 Å². The summed E-state index contributed by atoms with van der Waals surface area (Å²) in [5.41, 5.74) is 5.16. The van der Waals surface area contributed by atoms with Gasteiger partial charge in [0.05, 0.1) is 7.11 Å². The van der Waals surface area contributed by atoms with E-state index in [2.05, 4.69) is 0 Å². The molecule has 0 unspecified atom stereocenters. The van der Waals surface area contributed by atoms with E-state index in [-0.39, 0.29) is 19.4 Å². The fourth-order valence-electron chi connectivity index (χ4n) is 2.48. The average molecular weight is 245 g/mol. The predicted molar refractivity (Wildman–Crippen MR) is 57.9 cm³/mol. The van der Waals surface area contributed by atoms with Gasteiger partial charge in [-0.25, -0.2) is 13.2 Å². The molecule has 94 valence electrons. The molecule has 17 heavy (non-hydrogen) atoms. The summed E-state index contributed by atoms with van der Waals surface area (Å²) in [6.45, 7) is 0.0579. The van der Waals surface area contributed by atoms with Gasteiger partial charge in [-0.2, -0.15) is 0 Å². The van der Waals surface area contributed by atoms with E-state index in [1.807, 2.05) is 0 Å². The fraction of sp³-hybridized carbons (Fsp3) is 0.500. The second-order valence-corrected chi connectivity index (χ2v) is 4.54. The molecule has 0 spiro atoms. The van der Waals surface area contributed by atoms with Crippen molar-refractivity contribution in [1.29, 1.82) is 0 Å². The smallest absolute Gasteiger partial charge is 0.250 e. The maximum atomic E-state index is 13.2. The average Bonchev–Trinajstić information content (AvgIpc) is 2.25. The first-order chi connectivity index (χ1) is 7.92. The molecule has 0 atom stereocenters. The predicted octanol–water partition coefficient (Wildman–Crippen LogP) is 2.46. The highest BCUT2D eigenvalue weighted by molar-refractivity contribution is 5.43. The number of halogens is 3. The summed E-state index contributed by atoms with van der Waals surface area (Å²) in [6.07, 6.45) is -0.702. The Kier molecular flexibility index (Phi) is 2.81. The molecule has 0 heterocycles. The third-order valence-electron chi connectivity index (χ3n) is 3.32. The van der Waals surface area contributed by atoms with Gasteiger partial charge in [-0.3, -0.25) is 0 Å². The normalized spacial score (nSPS) is 20.8. The molecule has 5 heteroatoms. The molecule has 1 aliphatic carbocycles. The fourth-order valence-corrected chi connectivity index (χ4v) is 2.48. The number of rotatable bonds is 3. The van der Waals surface area contributed by atoms with Crippen molar-refractivity contribution < 1.29 is 17.9 Å². The highest BCUT2D eigenvalue weighted by Crippen LogP contribution is 2.54. The highest BCUT2D eigenvalue weighted by atomic mass is 19.3. The molecule has 1 aromatic rings. The number of methoxy groups -OCH3 is 1. The van der Waals surface area contributed by atoms with Crippen LogP contribution in [0.2, 0.25) is 0 Å². The number of alkyl halides is 2. The third-order valence-corrected chi connectivity index (χ3v) is 3.32. The van der Waals surface area contributed by atoms with Crippen LogP contribution in [0.3, 0.4) is 0 Å². The number of ether oxygens (including phenoxy) is 1. The quantitative estimate of drug-likeness (QED) is 0.887. The zero-order valence-corrected chi connectivity index (χ0v) is 9.47. The van der Waals surface area contributed by atoms with Crippen LogP contribution in [0, 0.1) is 5.82 Å². The molecular weight excluding hydrogens is 231 g/mol. The Morgan fingerprint density at radius 1 is 1.35 bits per heavy atom. The van der Waals surface area contributed by atoms with Gasteiger partial charge in [0.1, 0.15) is 11.6 Å². The van der Waals surface area contributed by atoms with Crippen molar-refractivity contribution >= 4 is 0 Å². The molecule has 0 bridgehead atoms. The minimum atomic E-state index is -2.71. The first kappa shape index (κ1) is 12.2. The van der Waals surface area contributed by atoms with Crippen LogP contribution in [0.1, 0.15) is 18.4 Å². The lowest BCUT2D eigenvalue weighted by atomic mass is 9.62. The Bertz CT molecular complexity index is 426. The van der Waals surface area contributed by atoms with Crippen LogP contribution in [0.25, 0.3) is 0 Å². The van der Waals surface area contributed by atoms with Crippen molar-refractivity contribution in [2.75, 3.05) is 13.7 Å². The molecular formula is C12H14F3NO. The van der Waals surface area contributed by atoms with Crippen molar-refractivity contribution in [1.82, 2.24) is 0 Å². The Balaban J connectivity index is 2.41. The lowest BCUT2D eigenvalue weighted by molar-refractivity contribution is -0.124. The lowest BCUT2D eigenvalue weighted by Crippen LogP contribution is -2.53. The van der Waals surface area contributed by atoms with E-state index in [0.717, 1.165) is 0 Å². The summed E-state index contributed by atoms with van der Waals surface area (Å²) in [7, 11) is 1.43. The molecule has 2 nitrogen and oxygen atoms in total. The van der Waals surface area contributed by atoms with Crippen molar-refractivity contribution in [3.63, 3.8) is 0 Å². The summed E-state index contributed by atoms with van der Waals surface area (Å²) in [4.78, 5) is 0. The van der Waals surface area contributed by atoms with Crippen LogP contribution in [-0.4, -0.2) is 19.6 Å². The number of nitrogens with two attached hydrogens (primary N) is 1. The van der Waals surface area contributed by atoms with Gasteiger partial charge in [-0.15, -0.1) is 0 Å². The Morgan fingerprint density at radius 2 is 2.00 bits per heavy atom. The van der Waals surface area contributed by atoms with Crippen LogP contribution in [0.15, 0.2) is 18.2 Å². The van der Waals surface area contributed by atoms with Gasteiger partial charge in [0.25, 0.3) is 0 Å². The van der Waals surface area contributed by atoms with Crippen LogP contribution in [0.4, 0.5) is 13.2 Å². The van der Waals surface area contributed by atoms with E-state index < -0.39 is 17.2 Å². The topological polar surface area (TPSA) is 35.2 Å². The Labute approximate surface area is 97.6 Å². The molecule has 0 radical (unpaired) electrons. The van der Waals surface area contributed by atoms with Crippen molar-refractivity contribution in [3.8, 4) is 5.75 Å². The number of hydrogen-bond donors (Lipinski definition) is 1. The molecule has 0 aliphatic heterocycles. The minimum Gasteiger partial charge on any atom is -0.496 e. The van der Waals surface area contributed by atoms with Gasteiger partial charge in [0.2, 0.25) is 5.92 Å². The van der Waals surface area contributed by atoms with Gasteiger partial charge in [-0.1, -0.05) is 0 Å². The van der Waals surface area contributed by atoms with Gasteiger partial charge < -0.3 is 10.5 Å². The molecule has 1 aliphatic rings. The van der Waals surface area contributed by atoms with Crippen molar-refractivity contribution in [3.05, 3.63) is 29.6 Å². The summed E-state index contributed by atoms with van der Waals surface area (Å²) < 4.78 is 44.4. The van der Waals surface area contributed by atoms with Gasteiger partial charge in [0.15, 0.2) is 0 Å². The largest absolute Gasteiger partial charge is 0.496 e. The van der Waals surface area contributed by atoms with E-state index in [4.69, 9.17) is 10.5 Å². The van der Waals surface area contributed by atoms with Crippen LogP contribution in [-0.2, 0) is 5.41 Å². The molecule has 1 aromatic carbocycles. The first-order valence-electron chi connectivity index (χ1n) is 5.34. The second-order valence-electron chi connectivity index (χ2n) is 4.54. The monoisotopic (exact) mass is 245 g/mol. The zero-order valence-electron chi connectivity index (χ0n) is 9.47. The Hall–Kier alpha value is -1.23. The maximum Gasteiger partial charge on any atom is 0.250 e. The zero-order chi connectivity index (χ0) is 12.7. The van der Waals surface area contributed by atoms with Gasteiger partial charge in [0, 0.05) is 30.4 Å². The number of benzene rings is 1. The highest BCUT2D eigenvalue weighted by Gasteiger charge is 2.57. The molecule has 2 rings (SSSR count). The maximum absolute atomic E-state index is 13.2. The minimum absolute atomic E-state index is 0.0579. The molecule has 2 N–H and O–H groups in total. The van der Waals surface area contributed by atoms with E-state index in [9.17, 15) is 13.2 Å². The number of hydrogen-bond acceptors (Lipinski definition) is 2. The van der Waals surface area contributed by atoms with E-state index >= 15 is 0 Å². The van der Waals surface area contributed by atoms with Crippen LogP contribution in [0.5, 0.6) is 5.75 Å². The van der Waals surface area contributed by atoms with Crippen molar-refractivity contribution in [2.24, 2.45) is 5.73 Å². The molecule has 0 amide bonds. The summed E-state index contributed by atoms with van der Waals surface area (Å²) in [5, 5.41) is 0. The first-order valence-corrected chi connectivity index (χ1v) is 5.34. The lowest BCUT2D eigenvalue weighted by Gasteiger charge is -2.47. The standard InChI is InChI=1S/C12H14F3NO/c1-17-10-3-2-8(13)4-9(10)11(7-16)5-12(14,15)6-11/h2-4H,5-7,16H2,1H3. The second kappa shape index (κ2) is 3.91. The summed E-state index contributed by atoms with van der Waals surface area (Å²) in [6, 6.07) is 3.92. The molecule has 1 saturated carbocycles. The van der Waals surface area contributed by atoms with E-state index in [1.165, 1.54) is 25.3 Å². The van der Waals surface area contributed by atoms with Crippen LogP contribution >= 0.6 is 0 Å². The summed E-state index contributed by atoms with van der Waals surface area (Å²) >= 11 is 0. The van der Waals surface area contributed by atoms with Gasteiger partial charge in [-0.05, 0) is 18.2 Å². The molecule has 0 saturated heterocycles. The molecule has 0 aromatic heterocycles. The van der Waals surface area contributed by atoms with E-state index in [1.54, 1.807) is 0 Å².